The summed E-state index contributed by atoms with van der Waals surface area (Å²) in [5, 5.41) is 11.9. The molecule has 0 bridgehead atoms. The second kappa shape index (κ2) is 7.46. The zero-order valence-corrected chi connectivity index (χ0v) is 13.4. The molecule has 24 heavy (non-hydrogen) atoms. The van der Waals surface area contributed by atoms with Crippen molar-refractivity contribution in [1.82, 2.24) is 9.79 Å². The van der Waals surface area contributed by atoms with Gasteiger partial charge in [-0.25, -0.2) is 9.37 Å². The maximum Gasteiger partial charge on any atom is 0.182 e. The zero-order valence-electron chi connectivity index (χ0n) is 13.4. The molecular weight excluding hydrogens is 302 g/mol. The monoisotopic (exact) mass is 320 g/mol. The number of nitrogens with zero attached hydrogens (tertiary/aromatic N) is 3. The number of rotatable bonds is 4. The number of anilines is 1. The molecule has 0 spiro atoms. The van der Waals surface area contributed by atoms with Crippen LogP contribution in [0.25, 0.3) is 0 Å². The Morgan fingerprint density at radius 3 is 2.79 bits per heavy atom. The number of nitrogens with one attached hydrogen (secondary N) is 1. The fourth-order valence-corrected chi connectivity index (χ4v) is 2.92. The Hall–Kier alpha value is -2.39. The summed E-state index contributed by atoms with van der Waals surface area (Å²) in [5.41, 5.74) is 1.88. The first-order valence-electron chi connectivity index (χ1n) is 8.04. The smallest absolute Gasteiger partial charge is 0.182 e. The number of pyridine rings is 1. The lowest BCUT2D eigenvalue weighted by Gasteiger charge is -2.29. The lowest BCUT2D eigenvalue weighted by Crippen LogP contribution is -2.30. The molecule has 2 aromatic rings. The summed E-state index contributed by atoms with van der Waals surface area (Å²) < 4.78 is 13.9. The van der Waals surface area contributed by atoms with Gasteiger partial charge in [-0.05, 0) is 50.2 Å². The summed E-state index contributed by atoms with van der Waals surface area (Å²) >= 11 is 0. The molecule has 1 N–H and O–H groups in total. The standard InChI is InChI=1S/C18H18BFN4/c19-24-8-6-14(7-9-24)17-2-1-3-18(23-17)22-12-15-5-4-13(11-21)10-16(15)20/h1-5,10,14H,6-9,12H2,(H,22,23). The fraction of sp³-hybridized carbons (Fsp3) is 0.333. The van der Waals surface area contributed by atoms with Gasteiger partial charge < -0.3 is 10.1 Å². The normalized spacial score (nSPS) is 15.8. The molecule has 120 valence electrons. The Balaban J connectivity index is 1.66. The van der Waals surface area contributed by atoms with Crippen LogP contribution in [0.1, 0.15) is 35.6 Å². The maximum atomic E-state index is 13.9. The van der Waals surface area contributed by atoms with Crippen LogP contribution in [0.4, 0.5) is 10.2 Å². The van der Waals surface area contributed by atoms with E-state index in [-0.39, 0.29) is 5.82 Å². The van der Waals surface area contributed by atoms with Crippen molar-refractivity contribution < 1.29 is 4.39 Å². The summed E-state index contributed by atoms with van der Waals surface area (Å²) in [5.74, 6) is 0.762. The van der Waals surface area contributed by atoms with Crippen LogP contribution in [0.2, 0.25) is 0 Å². The van der Waals surface area contributed by atoms with E-state index < -0.39 is 0 Å². The van der Waals surface area contributed by atoms with Crippen LogP contribution in [-0.2, 0) is 6.54 Å². The Morgan fingerprint density at radius 1 is 1.29 bits per heavy atom. The molecule has 2 radical (unpaired) electrons. The Morgan fingerprint density at radius 2 is 2.08 bits per heavy atom. The van der Waals surface area contributed by atoms with E-state index in [0.29, 0.717) is 23.6 Å². The summed E-state index contributed by atoms with van der Waals surface area (Å²) in [6.07, 6.45) is 1.99. The van der Waals surface area contributed by atoms with E-state index in [2.05, 4.69) is 10.3 Å². The van der Waals surface area contributed by atoms with E-state index in [1.54, 1.807) is 12.1 Å². The first kappa shape index (κ1) is 16.5. The maximum absolute atomic E-state index is 13.9. The van der Waals surface area contributed by atoms with Gasteiger partial charge in [0.25, 0.3) is 0 Å². The third-order valence-electron chi connectivity index (χ3n) is 4.36. The van der Waals surface area contributed by atoms with Gasteiger partial charge >= 0.3 is 0 Å². The largest absolute Gasteiger partial charge is 0.366 e. The number of halogens is 1. The van der Waals surface area contributed by atoms with Gasteiger partial charge in [0.2, 0.25) is 0 Å². The van der Waals surface area contributed by atoms with Crippen molar-refractivity contribution in [2.75, 3.05) is 18.4 Å². The highest BCUT2D eigenvalue weighted by molar-refractivity contribution is 6.04. The molecule has 0 saturated carbocycles. The third-order valence-corrected chi connectivity index (χ3v) is 4.36. The number of nitriles is 1. The molecule has 1 fully saturated rings. The van der Waals surface area contributed by atoms with Crippen LogP contribution in [0.15, 0.2) is 36.4 Å². The van der Waals surface area contributed by atoms with Crippen LogP contribution in [0, 0.1) is 17.1 Å². The zero-order chi connectivity index (χ0) is 16.9. The second-order valence-corrected chi connectivity index (χ2v) is 6.03. The van der Waals surface area contributed by atoms with Gasteiger partial charge in [0.15, 0.2) is 7.98 Å². The third kappa shape index (κ3) is 3.92. The van der Waals surface area contributed by atoms with Crippen LogP contribution >= 0.6 is 0 Å². The van der Waals surface area contributed by atoms with Crippen molar-refractivity contribution in [2.24, 2.45) is 0 Å². The molecule has 0 aliphatic carbocycles. The molecular formula is C18H18BFN4. The Labute approximate surface area is 142 Å². The Kier molecular flexibility index (Phi) is 5.12. The van der Waals surface area contributed by atoms with Gasteiger partial charge in [0.05, 0.1) is 11.6 Å². The highest BCUT2D eigenvalue weighted by Crippen LogP contribution is 2.26. The lowest BCUT2D eigenvalue weighted by atomic mass is 9.91. The summed E-state index contributed by atoms with van der Waals surface area (Å²) in [4.78, 5) is 6.49. The number of piperidine rings is 1. The van der Waals surface area contributed by atoms with Crippen molar-refractivity contribution in [1.29, 1.82) is 5.26 Å². The predicted molar refractivity (Wildman–Crippen MR) is 92.0 cm³/mol. The van der Waals surface area contributed by atoms with Crippen LogP contribution < -0.4 is 5.32 Å². The van der Waals surface area contributed by atoms with Gasteiger partial charge in [-0.3, -0.25) is 0 Å². The molecule has 0 unspecified atom stereocenters. The highest BCUT2D eigenvalue weighted by Gasteiger charge is 2.19. The summed E-state index contributed by atoms with van der Waals surface area (Å²) in [6, 6.07) is 12.3. The lowest BCUT2D eigenvalue weighted by molar-refractivity contribution is 0.331. The van der Waals surface area contributed by atoms with Crippen molar-refractivity contribution in [2.45, 2.75) is 25.3 Å². The van der Waals surface area contributed by atoms with Crippen LogP contribution in [-0.4, -0.2) is 30.9 Å². The molecule has 1 aromatic heterocycles. The number of benzene rings is 1. The van der Waals surface area contributed by atoms with Crippen molar-refractivity contribution in [3.8, 4) is 6.07 Å². The SMILES string of the molecule is [B]N1CCC(c2cccc(NCc3ccc(C#N)cc3F)n2)CC1. The first-order valence-corrected chi connectivity index (χ1v) is 8.04. The quantitative estimate of drug-likeness (QED) is 0.880. The molecule has 4 nitrogen and oxygen atoms in total. The molecule has 1 aliphatic heterocycles. The summed E-state index contributed by atoms with van der Waals surface area (Å²) in [7, 11) is 5.80. The minimum absolute atomic E-state index is 0.322. The van der Waals surface area contributed by atoms with E-state index in [0.717, 1.165) is 37.4 Å². The molecule has 0 atom stereocenters. The number of hydrogen-bond acceptors (Lipinski definition) is 4. The minimum Gasteiger partial charge on any atom is -0.366 e. The van der Waals surface area contributed by atoms with E-state index >= 15 is 0 Å². The molecule has 6 heteroatoms. The fourth-order valence-electron chi connectivity index (χ4n) is 2.92. The van der Waals surface area contributed by atoms with E-state index in [1.165, 1.54) is 6.07 Å². The molecule has 0 amide bonds. The van der Waals surface area contributed by atoms with Gasteiger partial charge in [-0.1, -0.05) is 12.1 Å². The molecule has 1 saturated heterocycles. The summed E-state index contributed by atoms with van der Waals surface area (Å²) in [6.45, 7) is 2.08. The van der Waals surface area contributed by atoms with Crippen LogP contribution in [0.3, 0.4) is 0 Å². The Bertz CT molecular complexity index is 751. The van der Waals surface area contributed by atoms with Gasteiger partial charge in [-0.2, -0.15) is 5.26 Å². The van der Waals surface area contributed by atoms with E-state index in [4.69, 9.17) is 13.2 Å². The van der Waals surface area contributed by atoms with Crippen molar-refractivity contribution in [3.63, 3.8) is 0 Å². The van der Waals surface area contributed by atoms with Gasteiger partial charge in [0, 0.05) is 23.7 Å². The first-order chi connectivity index (χ1) is 11.7. The van der Waals surface area contributed by atoms with Crippen LogP contribution in [0.5, 0.6) is 0 Å². The molecule has 1 aliphatic rings. The minimum atomic E-state index is -0.381. The molecule has 1 aromatic carbocycles. The van der Waals surface area contributed by atoms with E-state index in [9.17, 15) is 4.39 Å². The number of aromatic nitrogens is 1. The predicted octanol–water partition coefficient (Wildman–Crippen LogP) is 2.97. The average molecular weight is 320 g/mol. The molecule has 3 rings (SSSR count). The average Bonchev–Trinajstić information content (AvgIpc) is 2.61. The van der Waals surface area contributed by atoms with Gasteiger partial charge in [0.1, 0.15) is 11.6 Å². The topological polar surface area (TPSA) is 52.0 Å². The molecule has 2 heterocycles. The van der Waals surface area contributed by atoms with Gasteiger partial charge in [-0.15, -0.1) is 0 Å². The van der Waals surface area contributed by atoms with Crippen molar-refractivity contribution in [3.05, 3.63) is 59.0 Å². The van der Waals surface area contributed by atoms with Crippen molar-refractivity contribution >= 4 is 13.8 Å². The number of hydrogen-bond donors (Lipinski definition) is 1. The second-order valence-electron chi connectivity index (χ2n) is 6.03. The van der Waals surface area contributed by atoms with E-state index in [1.807, 2.05) is 29.1 Å². The highest BCUT2D eigenvalue weighted by atomic mass is 19.1.